The number of carbonyl (C=O) groups is 2. The third-order valence-corrected chi connectivity index (χ3v) is 2.36. The predicted molar refractivity (Wildman–Crippen MR) is 64.9 cm³/mol. The van der Waals surface area contributed by atoms with Crippen LogP contribution < -0.4 is 10.6 Å². The maximum Gasteiger partial charge on any atom is 0.315 e. The zero-order valence-corrected chi connectivity index (χ0v) is 10.3. The number of rotatable bonds is 7. The van der Waals surface area contributed by atoms with Gasteiger partial charge in [0.05, 0.1) is 13.0 Å². The van der Waals surface area contributed by atoms with Gasteiger partial charge in [0, 0.05) is 18.4 Å². The van der Waals surface area contributed by atoms with E-state index in [0.29, 0.717) is 12.2 Å². The Hall–Kier alpha value is -2.05. The smallest absolute Gasteiger partial charge is 0.315 e. The van der Waals surface area contributed by atoms with Crippen LogP contribution in [0.15, 0.2) is 12.4 Å². The first kappa shape index (κ1) is 14.0. The second-order valence-corrected chi connectivity index (χ2v) is 3.95. The third-order valence-electron chi connectivity index (χ3n) is 2.36. The molecule has 0 aliphatic heterocycles. The SMILES string of the molecule is CCCC(CC(=O)O)NC(=O)NCc1ncc[nH]1. The van der Waals surface area contributed by atoms with Gasteiger partial charge >= 0.3 is 12.0 Å². The molecular weight excluding hydrogens is 236 g/mol. The molecule has 0 aliphatic carbocycles. The number of aromatic amines is 1. The Labute approximate surface area is 105 Å². The van der Waals surface area contributed by atoms with E-state index in [1.807, 2.05) is 6.92 Å². The van der Waals surface area contributed by atoms with Crippen LogP contribution in [-0.2, 0) is 11.3 Å². The number of carbonyl (C=O) groups excluding carboxylic acids is 1. The van der Waals surface area contributed by atoms with Crippen LogP contribution in [0.1, 0.15) is 32.0 Å². The summed E-state index contributed by atoms with van der Waals surface area (Å²) in [4.78, 5) is 29.0. The highest BCUT2D eigenvalue weighted by Gasteiger charge is 2.14. The average molecular weight is 254 g/mol. The van der Waals surface area contributed by atoms with Gasteiger partial charge in [-0.2, -0.15) is 0 Å². The molecule has 4 N–H and O–H groups in total. The molecule has 1 unspecified atom stereocenters. The lowest BCUT2D eigenvalue weighted by Crippen LogP contribution is -2.42. The minimum Gasteiger partial charge on any atom is -0.481 e. The molecule has 0 radical (unpaired) electrons. The predicted octanol–water partition coefficient (Wildman–Crippen LogP) is 0.852. The number of carboxylic acid groups (broad SMARTS) is 1. The lowest BCUT2D eigenvalue weighted by atomic mass is 10.1. The lowest BCUT2D eigenvalue weighted by molar-refractivity contribution is -0.137. The normalized spacial score (nSPS) is 11.8. The lowest BCUT2D eigenvalue weighted by Gasteiger charge is -2.16. The molecule has 18 heavy (non-hydrogen) atoms. The Morgan fingerprint density at radius 3 is 2.89 bits per heavy atom. The van der Waals surface area contributed by atoms with Gasteiger partial charge in [-0.1, -0.05) is 13.3 Å². The standard InChI is InChI=1S/C11H18N4O3/c1-2-3-8(6-10(16)17)15-11(18)14-7-9-12-4-5-13-9/h4-5,8H,2-3,6-7H2,1H3,(H,12,13)(H,16,17)(H2,14,15,18). The highest BCUT2D eigenvalue weighted by Crippen LogP contribution is 2.01. The van der Waals surface area contributed by atoms with Gasteiger partial charge in [0.2, 0.25) is 0 Å². The molecule has 0 saturated heterocycles. The average Bonchev–Trinajstić information content (AvgIpc) is 2.78. The quantitative estimate of drug-likeness (QED) is 0.578. The zero-order valence-electron chi connectivity index (χ0n) is 10.3. The van der Waals surface area contributed by atoms with Gasteiger partial charge in [-0.25, -0.2) is 9.78 Å². The monoisotopic (exact) mass is 254 g/mol. The first-order chi connectivity index (χ1) is 8.61. The molecule has 0 aromatic carbocycles. The molecule has 100 valence electrons. The molecule has 1 heterocycles. The Morgan fingerprint density at radius 1 is 1.56 bits per heavy atom. The van der Waals surface area contributed by atoms with E-state index < -0.39 is 5.97 Å². The van der Waals surface area contributed by atoms with Crippen molar-refractivity contribution < 1.29 is 14.7 Å². The highest BCUT2D eigenvalue weighted by molar-refractivity contribution is 5.75. The van der Waals surface area contributed by atoms with Crippen molar-refractivity contribution >= 4 is 12.0 Å². The van der Waals surface area contributed by atoms with Gasteiger partial charge in [0.15, 0.2) is 0 Å². The third kappa shape index (κ3) is 5.33. The summed E-state index contributed by atoms with van der Waals surface area (Å²) in [5, 5.41) is 14.0. The highest BCUT2D eigenvalue weighted by atomic mass is 16.4. The summed E-state index contributed by atoms with van der Waals surface area (Å²) in [7, 11) is 0. The van der Waals surface area contributed by atoms with Crippen molar-refractivity contribution in [3.63, 3.8) is 0 Å². The number of imidazole rings is 1. The van der Waals surface area contributed by atoms with Gasteiger partial charge in [0.25, 0.3) is 0 Å². The van der Waals surface area contributed by atoms with Crippen LogP contribution in [0.2, 0.25) is 0 Å². The van der Waals surface area contributed by atoms with Gasteiger partial charge in [-0.05, 0) is 6.42 Å². The Bertz CT molecular complexity index is 378. The van der Waals surface area contributed by atoms with E-state index in [1.54, 1.807) is 12.4 Å². The fourth-order valence-corrected chi connectivity index (χ4v) is 1.58. The number of amides is 2. The molecule has 0 spiro atoms. The number of nitrogens with zero attached hydrogens (tertiary/aromatic N) is 1. The number of H-pyrrole nitrogens is 1. The minimum atomic E-state index is -0.917. The molecular formula is C11H18N4O3. The summed E-state index contributed by atoms with van der Waals surface area (Å²) in [6.45, 7) is 2.22. The Morgan fingerprint density at radius 2 is 2.33 bits per heavy atom. The number of aliphatic carboxylic acids is 1. The Kier molecular flexibility index (Phi) is 5.69. The number of urea groups is 1. The van der Waals surface area contributed by atoms with Crippen molar-refractivity contribution in [2.75, 3.05) is 0 Å². The van der Waals surface area contributed by atoms with E-state index in [2.05, 4.69) is 20.6 Å². The number of aromatic nitrogens is 2. The molecule has 2 amide bonds. The van der Waals surface area contributed by atoms with Crippen LogP contribution in [0.5, 0.6) is 0 Å². The molecule has 7 heteroatoms. The van der Waals surface area contributed by atoms with Crippen LogP contribution >= 0.6 is 0 Å². The zero-order chi connectivity index (χ0) is 13.4. The van der Waals surface area contributed by atoms with Crippen molar-refractivity contribution in [2.45, 2.75) is 38.8 Å². The largest absolute Gasteiger partial charge is 0.481 e. The summed E-state index contributed by atoms with van der Waals surface area (Å²) in [5.74, 6) is -0.268. The van der Waals surface area contributed by atoms with Gasteiger partial charge in [0.1, 0.15) is 5.82 Å². The van der Waals surface area contributed by atoms with Crippen molar-refractivity contribution in [2.24, 2.45) is 0 Å². The summed E-state index contributed by atoms with van der Waals surface area (Å²) < 4.78 is 0. The van der Waals surface area contributed by atoms with Gasteiger partial charge in [-0.15, -0.1) is 0 Å². The van der Waals surface area contributed by atoms with E-state index >= 15 is 0 Å². The van der Waals surface area contributed by atoms with E-state index in [4.69, 9.17) is 5.11 Å². The van der Waals surface area contributed by atoms with Crippen LogP contribution in [0.25, 0.3) is 0 Å². The molecule has 0 aliphatic rings. The molecule has 1 atom stereocenters. The number of hydrogen-bond donors (Lipinski definition) is 4. The fraction of sp³-hybridized carbons (Fsp3) is 0.545. The van der Waals surface area contributed by atoms with Crippen molar-refractivity contribution in [1.29, 1.82) is 0 Å². The summed E-state index contributed by atoms with van der Waals surface area (Å²) in [6, 6.07) is -0.727. The van der Waals surface area contributed by atoms with E-state index in [9.17, 15) is 9.59 Å². The van der Waals surface area contributed by atoms with Gasteiger partial charge < -0.3 is 20.7 Å². The summed E-state index contributed by atoms with van der Waals surface area (Å²) in [5.41, 5.74) is 0. The molecule has 0 fully saturated rings. The second-order valence-electron chi connectivity index (χ2n) is 3.95. The summed E-state index contributed by atoms with van der Waals surface area (Å²) in [6.07, 6.45) is 4.65. The number of hydrogen-bond acceptors (Lipinski definition) is 3. The molecule has 1 aromatic heterocycles. The van der Waals surface area contributed by atoms with Crippen LogP contribution in [-0.4, -0.2) is 33.1 Å². The maximum atomic E-state index is 11.5. The van der Waals surface area contributed by atoms with Gasteiger partial charge in [-0.3, -0.25) is 4.79 Å². The molecule has 0 bridgehead atoms. The number of nitrogens with one attached hydrogen (secondary N) is 3. The first-order valence-electron chi connectivity index (χ1n) is 5.86. The van der Waals surface area contributed by atoms with Crippen molar-refractivity contribution in [1.82, 2.24) is 20.6 Å². The molecule has 7 nitrogen and oxygen atoms in total. The fourth-order valence-electron chi connectivity index (χ4n) is 1.58. The first-order valence-corrected chi connectivity index (χ1v) is 5.86. The topological polar surface area (TPSA) is 107 Å². The van der Waals surface area contributed by atoms with Crippen LogP contribution in [0.4, 0.5) is 4.79 Å². The number of carboxylic acids is 1. The second kappa shape index (κ2) is 7.31. The summed E-state index contributed by atoms with van der Waals surface area (Å²) >= 11 is 0. The van der Waals surface area contributed by atoms with Crippen molar-refractivity contribution in [3.05, 3.63) is 18.2 Å². The minimum absolute atomic E-state index is 0.0674. The van der Waals surface area contributed by atoms with Crippen molar-refractivity contribution in [3.8, 4) is 0 Å². The van der Waals surface area contributed by atoms with Crippen LogP contribution in [0, 0.1) is 0 Å². The van der Waals surface area contributed by atoms with E-state index in [1.165, 1.54) is 0 Å². The maximum absolute atomic E-state index is 11.5. The van der Waals surface area contributed by atoms with E-state index in [0.717, 1.165) is 6.42 Å². The Balaban J connectivity index is 2.33. The molecule has 1 aromatic rings. The van der Waals surface area contributed by atoms with Crippen LogP contribution in [0.3, 0.4) is 0 Å². The molecule has 1 rings (SSSR count). The van der Waals surface area contributed by atoms with E-state index in [-0.39, 0.29) is 25.0 Å². The molecule has 0 saturated carbocycles.